The van der Waals surface area contributed by atoms with Gasteiger partial charge in [0.25, 0.3) is 0 Å². The average Bonchev–Trinajstić information content (AvgIpc) is 2.75. The summed E-state index contributed by atoms with van der Waals surface area (Å²) in [6, 6.07) is 1.79. The Kier molecular flexibility index (Phi) is 4.35. The van der Waals surface area contributed by atoms with Gasteiger partial charge in [-0.1, -0.05) is 11.8 Å². The van der Waals surface area contributed by atoms with E-state index in [0.717, 1.165) is 23.9 Å². The van der Waals surface area contributed by atoms with Gasteiger partial charge in [-0.25, -0.2) is 13.8 Å². The first-order valence-electron chi connectivity index (χ1n) is 5.55. The largest absolute Gasteiger partial charge is 0.405 e. The maximum Gasteiger partial charge on any atom is 0.405 e. The lowest BCUT2D eigenvalue weighted by Gasteiger charge is -2.07. The summed E-state index contributed by atoms with van der Waals surface area (Å²) in [4.78, 5) is 17.7. The number of fused-ring (bicyclic) bond motifs is 1. The number of nitrogens with one attached hydrogen (secondary N) is 2. The fourth-order valence-electron chi connectivity index (χ4n) is 1.43. The molecule has 0 fully saturated rings. The molecule has 4 nitrogen and oxygen atoms in total. The van der Waals surface area contributed by atoms with Gasteiger partial charge in [0, 0.05) is 12.1 Å². The molecule has 0 radical (unpaired) electrons. The smallest absolute Gasteiger partial charge is 0.346 e. The number of H-pyrrole nitrogens is 1. The van der Waals surface area contributed by atoms with E-state index in [-0.39, 0.29) is 21.9 Å². The maximum absolute atomic E-state index is 13.0. The normalized spacial score (nSPS) is 11.9. The van der Waals surface area contributed by atoms with Crippen LogP contribution >= 0.6 is 11.8 Å². The molecule has 21 heavy (non-hydrogen) atoms. The second-order valence-electron chi connectivity index (χ2n) is 4.01. The summed E-state index contributed by atoms with van der Waals surface area (Å²) < 4.78 is 61.6. The molecule has 0 saturated heterocycles. The van der Waals surface area contributed by atoms with Crippen molar-refractivity contribution in [2.45, 2.75) is 11.3 Å². The van der Waals surface area contributed by atoms with E-state index in [4.69, 9.17) is 0 Å². The number of rotatable bonds is 4. The topological polar surface area (TPSA) is 57.8 Å². The van der Waals surface area contributed by atoms with Gasteiger partial charge < -0.3 is 10.3 Å². The third-order valence-corrected chi connectivity index (χ3v) is 3.20. The van der Waals surface area contributed by atoms with Crippen LogP contribution in [0, 0.1) is 11.6 Å². The Morgan fingerprint density at radius 3 is 2.62 bits per heavy atom. The van der Waals surface area contributed by atoms with Gasteiger partial charge in [-0.15, -0.1) is 0 Å². The highest BCUT2D eigenvalue weighted by Gasteiger charge is 2.27. The number of imidazole rings is 1. The van der Waals surface area contributed by atoms with Crippen molar-refractivity contribution in [1.82, 2.24) is 15.3 Å². The predicted molar refractivity (Wildman–Crippen MR) is 65.8 cm³/mol. The van der Waals surface area contributed by atoms with E-state index in [1.54, 1.807) is 5.32 Å². The summed E-state index contributed by atoms with van der Waals surface area (Å²) in [5.41, 5.74) is 0.388. The van der Waals surface area contributed by atoms with Crippen molar-refractivity contribution in [1.29, 1.82) is 0 Å². The first-order valence-corrected chi connectivity index (χ1v) is 6.54. The summed E-state index contributed by atoms with van der Waals surface area (Å²) in [5, 5.41) is 1.88. The number of aromatic amines is 1. The number of aromatic nitrogens is 2. The summed E-state index contributed by atoms with van der Waals surface area (Å²) >= 11 is 0.826. The Labute approximate surface area is 119 Å². The minimum Gasteiger partial charge on any atom is -0.346 e. The minimum atomic E-state index is -4.48. The molecule has 1 aromatic carbocycles. The number of hydrogen-bond donors (Lipinski definition) is 2. The Hall–Kier alpha value is -1.84. The summed E-state index contributed by atoms with van der Waals surface area (Å²) in [7, 11) is 0. The number of thioether (sulfide) groups is 1. The lowest BCUT2D eigenvalue weighted by molar-refractivity contribution is -0.136. The SMILES string of the molecule is O=C(CSc1nc2cc(F)c(F)cc2[nH]1)NCC(F)(F)F. The number of amides is 1. The van der Waals surface area contributed by atoms with Crippen LogP contribution in [0.1, 0.15) is 0 Å². The molecule has 0 saturated carbocycles. The highest BCUT2D eigenvalue weighted by Crippen LogP contribution is 2.21. The molecular formula is C11H8F5N3OS. The molecule has 0 spiro atoms. The molecule has 0 bridgehead atoms. The van der Waals surface area contributed by atoms with Gasteiger partial charge in [0.2, 0.25) is 5.91 Å². The van der Waals surface area contributed by atoms with Crippen LogP contribution in [0.2, 0.25) is 0 Å². The third-order valence-electron chi connectivity index (χ3n) is 2.33. The Bertz CT molecular complexity index is 631. The number of carbonyl (C=O) groups excluding carboxylic acids is 1. The van der Waals surface area contributed by atoms with Gasteiger partial charge in [-0.3, -0.25) is 4.79 Å². The standard InChI is InChI=1S/C11H8F5N3OS/c12-5-1-7-8(2-6(5)13)19-10(18-7)21-3-9(20)17-4-11(14,15)16/h1-2H,3-4H2,(H,17,20)(H,18,19). The third kappa shape index (κ3) is 4.31. The number of alkyl halides is 3. The van der Waals surface area contributed by atoms with Crippen LogP contribution in [0.25, 0.3) is 11.0 Å². The molecule has 1 heterocycles. The fourth-order valence-corrected chi connectivity index (χ4v) is 2.15. The highest BCUT2D eigenvalue weighted by molar-refractivity contribution is 7.99. The zero-order valence-electron chi connectivity index (χ0n) is 10.2. The molecule has 0 aliphatic rings. The van der Waals surface area contributed by atoms with E-state index in [9.17, 15) is 26.7 Å². The van der Waals surface area contributed by atoms with Crippen molar-refractivity contribution >= 4 is 28.7 Å². The molecule has 0 aliphatic heterocycles. The van der Waals surface area contributed by atoms with Crippen molar-refractivity contribution < 1.29 is 26.7 Å². The molecule has 0 unspecified atom stereocenters. The second kappa shape index (κ2) is 5.88. The van der Waals surface area contributed by atoms with E-state index < -0.39 is 30.3 Å². The lowest BCUT2D eigenvalue weighted by Crippen LogP contribution is -2.34. The van der Waals surface area contributed by atoms with Crippen molar-refractivity contribution in [3.8, 4) is 0 Å². The van der Waals surface area contributed by atoms with E-state index in [0.29, 0.717) is 0 Å². The molecule has 0 aliphatic carbocycles. The average molecular weight is 325 g/mol. The highest BCUT2D eigenvalue weighted by atomic mass is 32.2. The first-order chi connectivity index (χ1) is 9.74. The predicted octanol–water partition coefficient (Wildman–Crippen LogP) is 2.61. The Balaban J connectivity index is 1.96. The molecule has 0 atom stereocenters. The summed E-state index contributed by atoms with van der Waals surface area (Å²) in [6.45, 7) is -1.41. The van der Waals surface area contributed by atoms with Crippen molar-refractivity contribution in [2.75, 3.05) is 12.3 Å². The van der Waals surface area contributed by atoms with Gasteiger partial charge in [-0.2, -0.15) is 13.2 Å². The van der Waals surface area contributed by atoms with Crippen LogP contribution in [0.3, 0.4) is 0 Å². The minimum absolute atomic E-state index is 0.159. The van der Waals surface area contributed by atoms with E-state index >= 15 is 0 Å². The molecule has 1 aromatic heterocycles. The number of halogens is 5. The molecule has 2 rings (SSSR count). The summed E-state index contributed by atoms with van der Waals surface area (Å²) in [5.74, 6) is -3.24. The van der Waals surface area contributed by atoms with Crippen LogP contribution in [0.15, 0.2) is 17.3 Å². The number of benzene rings is 1. The van der Waals surface area contributed by atoms with Gasteiger partial charge in [0.05, 0.1) is 16.8 Å². The van der Waals surface area contributed by atoms with E-state index in [1.807, 2.05) is 0 Å². The molecule has 1 amide bonds. The van der Waals surface area contributed by atoms with E-state index in [2.05, 4.69) is 9.97 Å². The zero-order valence-corrected chi connectivity index (χ0v) is 11.0. The Morgan fingerprint density at radius 2 is 1.95 bits per heavy atom. The van der Waals surface area contributed by atoms with Gasteiger partial charge in [0.15, 0.2) is 16.8 Å². The summed E-state index contributed by atoms with van der Waals surface area (Å²) in [6.07, 6.45) is -4.48. The van der Waals surface area contributed by atoms with Gasteiger partial charge >= 0.3 is 6.18 Å². The number of nitrogens with zero attached hydrogens (tertiary/aromatic N) is 1. The van der Waals surface area contributed by atoms with Crippen molar-refractivity contribution in [3.63, 3.8) is 0 Å². The second-order valence-corrected chi connectivity index (χ2v) is 4.97. The molecule has 2 N–H and O–H groups in total. The maximum atomic E-state index is 13.0. The molecule has 10 heteroatoms. The van der Waals surface area contributed by atoms with Crippen LogP contribution in [0.4, 0.5) is 22.0 Å². The first kappa shape index (κ1) is 15.5. The lowest BCUT2D eigenvalue weighted by atomic mass is 10.3. The van der Waals surface area contributed by atoms with E-state index in [1.165, 1.54) is 0 Å². The van der Waals surface area contributed by atoms with Gasteiger partial charge in [0.1, 0.15) is 6.54 Å². The van der Waals surface area contributed by atoms with Crippen LogP contribution in [0.5, 0.6) is 0 Å². The van der Waals surface area contributed by atoms with Crippen molar-refractivity contribution in [2.24, 2.45) is 0 Å². The Morgan fingerprint density at radius 1 is 1.29 bits per heavy atom. The molecular weight excluding hydrogens is 317 g/mol. The van der Waals surface area contributed by atoms with Crippen molar-refractivity contribution in [3.05, 3.63) is 23.8 Å². The van der Waals surface area contributed by atoms with Crippen LogP contribution in [-0.4, -0.2) is 34.3 Å². The monoisotopic (exact) mass is 325 g/mol. The van der Waals surface area contributed by atoms with Crippen LogP contribution < -0.4 is 5.32 Å². The fraction of sp³-hybridized carbons (Fsp3) is 0.273. The number of hydrogen-bond acceptors (Lipinski definition) is 3. The van der Waals surface area contributed by atoms with Gasteiger partial charge in [-0.05, 0) is 0 Å². The van der Waals surface area contributed by atoms with Crippen LogP contribution in [-0.2, 0) is 4.79 Å². The number of carbonyl (C=O) groups is 1. The zero-order chi connectivity index (χ0) is 15.6. The molecule has 2 aromatic rings. The quantitative estimate of drug-likeness (QED) is 0.671. The molecule has 114 valence electrons.